The normalized spacial score (nSPS) is 24.4. The lowest BCUT2D eigenvalue weighted by Gasteiger charge is -2.14. The second-order valence-corrected chi connectivity index (χ2v) is 6.19. The van der Waals surface area contributed by atoms with E-state index in [9.17, 15) is 4.79 Å². The number of carbonyl (C=O) groups is 1. The molecule has 0 radical (unpaired) electrons. The summed E-state index contributed by atoms with van der Waals surface area (Å²) in [6.45, 7) is 2.17. The van der Waals surface area contributed by atoms with Crippen LogP contribution in [0.25, 0.3) is 0 Å². The molecule has 0 aromatic heterocycles. The topological polar surface area (TPSA) is 38.3 Å². The van der Waals surface area contributed by atoms with Crippen molar-refractivity contribution in [2.75, 3.05) is 7.11 Å². The highest BCUT2D eigenvalue weighted by Crippen LogP contribution is 2.63. The average Bonchev–Trinajstić information content (AvgIpc) is 2.87. The van der Waals surface area contributed by atoms with Crippen molar-refractivity contribution in [3.8, 4) is 5.75 Å². The quantitative estimate of drug-likeness (QED) is 0.865. The molecule has 1 aromatic carbocycles. The number of benzene rings is 1. The molecule has 0 saturated heterocycles. The second-order valence-electron chi connectivity index (χ2n) is 4.71. The van der Waals surface area contributed by atoms with Crippen LogP contribution in [0.1, 0.15) is 18.9 Å². The molecule has 1 aliphatic carbocycles. The van der Waals surface area contributed by atoms with Crippen LogP contribution in [0.2, 0.25) is 0 Å². The maximum atomic E-state index is 12.0. The number of amides is 1. The molecule has 98 valence electrons. The summed E-state index contributed by atoms with van der Waals surface area (Å²) in [4.78, 5) is 12.0. The Bertz CT molecular complexity index is 476. The minimum atomic E-state index is -0.933. The summed E-state index contributed by atoms with van der Waals surface area (Å²) in [5.41, 5.74) is 0.241. The van der Waals surface area contributed by atoms with Gasteiger partial charge in [-0.1, -0.05) is 18.2 Å². The van der Waals surface area contributed by atoms with Gasteiger partial charge in [0.25, 0.3) is 0 Å². The lowest BCUT2D eigenvalue weighted by Crippen LogP contribution is -2.32. The van der Waals surface area contributed by atoms with Crippen molar-refractivity contribution < 1.29 is 9.53 Å². The number of halogens is 2. The minimum Gasteiger partial charge on any atom is -0.496 e. The van der Waals surface area contributed by atoms with E-state index in [4.69, 9.17) is 27.9 Å². The minimum absolute atomic E-state index is 0.126. The molecule has 0 spiro atoms. The van der Waals surface area contributed by atoms with Crippen molar-refractivity contribution in [1.82, 2.24) is 5.32 Å². The van der Waals surface area contributed by atoms with Gasteiger partial charge in [-0.15, -0.1) is 23.2 Å². The number of ether oxygens (including phenoxy) is 1. The summed E-state index contributed by atoms with van der Waals surface area (Å²) in [5.74, 6) is 0.625. The van der Waals surface area contributed by atoms with Gasteiger partial charge in [0.2, 0.25) is 5.91 Å². The van der Waals surface area contributed by atoms with E-state index in [0.717, 1.165) is 11.3 Å². The lowest BCUT2D eigenvalue weighted by molar-refractivity contribution is -0.125. The molecule has 2 rings (SSSR count). The largest absolute Gasteiger partial charge is 0.496 e. The predicted molar refractivity (Wildman–Crippen MR) is 72.0 cm³/mol. The van der Waals surface area contributed by atoms with E-state index in [0.29, 0.717) is 13.0 Å². The fourth-order valence-corrected chi connectivity index (χ4v) is 2.57. The van der Waals surface area contributed by atoms with Gasteiger partial charge in [0, 0.05) is 12.1 Å². The summed E-state index contributed by atoms with van der Waals surface area (Å²) in [5, 5.41) is 2.84. The van der Waals surface area contributed by atoms with Crippen LogP contribution in [0.5, 0.6) is 5.75 Å². The number of hydrogen-bond acceptors (Lipinski definition) is 2. The Morgan fingerprint density at radius 1 is 1.44 bits per heavy atom. The van der Waals surface area contributed by atoms with E-state index in [1.807, 2.05) is 24.3 Å². The standard InChI is InChI=1S/C13H15Cl2NO2/c1-12(8-13(12,14)15)11(17)16-7-9-5-3-4-6-10(9)18-2/h3-6H,7-8H2,1-2H3,(H,16,17). The maximum Gasteiger partial charge on any atom is 0.229 e. The van der Waals surface area contributed by atoms with Crippen molar-refractivity contribution in [1.29, 1.82) is 0 Å². The molecule has 3 nitrogen and oxygen atoms in total. The van der Waals surface area contributed by atoms with Gasteiger partial charge in [-0.05, 0) is 19.4 Å². The Morgan fingerprint density at radius 2 is 2.06 bits per heavy atom. The van der Waals surface area contributed by atoms with Crippen LogP contribution < -0.4 is 10.1 Å². The molecule has 1 atom stereocenters. The molecule has 0 aliphatic heterocycles. The first kappa shape index (κ1) is 13.5. The third kappa shape index (κ3) is 2.29. The Kier molecular flexibility index (Phi) is 3.47. The van der Waals surface area contributed by atoms with Crippen molar-refractivity contribution in [3.05, 3.63) is 29.8 Å². The molecule has 1 aliphatic rings. The Morgan fingerprint density at radius 3 is 2.61 bits per heavy atom. The first-order valence-electron chi connectivity index (χ1n) is 5.69. The van der Waals surface area contributed by atoms with E-state index in [-0.39, 0.29) is 5.91 Å². The van der Waals surface area contributed by atoms with Crippen molar-refractivity contribution in [2.45, 2.75) is 24.2 Å². The molecule has 0 bridgehead atoms. The van der Waals surface area contributed by atoms with Crippen LogP contribution in [-0.2, 0) is 11.3 Å². The smallest absolute Gasteiger partial charge is 0.229 e. The van der Waals surface area contributed by atoms with Gasteiger partial charge in [-0.3, -0.25) is 4.79 Å². The van der Waals surface area contributed by atoms with Crippen molar-refractivity contribution in [3.63, 3.8) is 0 Å². The summed E-state index contributed by atoms with van der Waals surface area (Å²) in [6, 6.07) is 7.54. The van der Waals surface area contributed by atoms with Gasteiger partial charge in [0.1, 0.15) is 10.1 Å². The maximum absolute atomic E-state index is 12.0. The molecule has 1 saturated carbocycles. The fraction of sp³-hybridized carbons (Fsp3) is 0.462. The fourth-order valence-electron chi connectivity index (χ4n) is 1.87. The Hall–Kier alpha value is -0.930. The molecule has 1 fully saturated rings. The van der Waals surface area contributed by atoms with Crippen LogP contribution in [0, 0.1) is 5.41 Å². The molecule has 1 aromatic rings. The zero-order valence-electron chi connectivity index (χ0n) is 10.3. The zero-order valence-corrected chi connectivity index (χ0v) is 11.8. The SMILES string of the molecule is COc1ccccc1CNC(=O)C1(C)CC1(Cl)Cl. The van der Waals surface area contributed by atoms with Crippen LogP contribution in [0.15, 0.2) is 24.3 Å². The number of carbonyl (C=O) groups excluding carboxylic acids is 1. The number of methoxy groups -OCH3 is 1. The van der Waals surface area contributed by atoms with Gasteiger partial charge in [0.05, 0.1) is 12.5 Å². The number of nitrogens with one attached hydrogen (secondary N) is 1. The molecule has 1 amide bonds. The monoisotopic (exact) mass is 287 g/mol. The van der Waals surface area contributed by atoms with Crippen molar-refractivity contribution in [2.24, 2.45) is 5.41 Å². The summed E-state index contributed by atoms with van der Waals surface area (Å²) >= 11 is 11.9. The van der Waals surface area contributed by atoms with Gasteiger partial charge in [0.15, 0.2) is 0 Å². The predicted octanol–water partition coefficient (Wildman–Crippen LogP) is 2.90. The number of hydrogen-bond donors (Lipinski definition) is 1. The molecule has 5 heteroatoms. The van der Waals surface area contributed by atoms with Crippen LogP contribution >= 0.6 is 23.2 Å². The average molecular weight is 288 g/mol. The summed E-state index contributed by atoms with van der Waals surface area (Å²) < 4.78 is 4.28. The highest BCUT2D eigenvalue weighted by molar-refractivity contribution is 6.53. The van der Waals surface area contributed by atoms with E-state index in [1.54, 1.807) is 14.0 Å². The molecular weight excluding hydrogens is 273 g/mol. The molecule has 0 heterocycles. The van der Waals surface area contributed by atoms with Crippen LogP contribution in [0.3, 0.4) is 0 Å². The highest BCUT2D eigenvalue weighted by Gasteiger charge is 2.67. The van der Waals surface area contributed by atoms with Gasteiger partial charge < -0.3 is 10.1 Å². The summed E-state index contributed by atoms with van der Waals surface area (Å²) in [6.07, 6.45) is 0.487. The Labute approximate surface area is 116 Å². The summed E-state index contributed by atoms with van der Waals surface area (Å²) in [7, 11) is 1.60. The first-order valence-corrected chi connectivity index (χ1v) is 6.44. The van der Waals surface area contributed by atoms with Crippen LogP contribution in [0.4, 0.5) is 0 Å². The van der Waals surface area contributed by atoms with E-state index in [2.05, 4.69) is 5.32 Å². The molecule has 18 heavy (non-hydrogen) atoms. The van der Waals surface area contributed by atoms with Gasteiger partial charge in [-0.25, -0.2) is 0 Å². The highest BCUT2D eigenvalue weighted by atomic mass is 35.5. The van der Waals surface area contributed by atoms with Gasteiger partial charge in [-0.2, -0.15) is 0 Å². The van der Waals surface area contributed by atoms with Crippen molar-refractivity contribution >= 4 is 29.1 Å². The first-order chi connectivity index (χ1) is 8.40. The molecule has 1 unspecified atom stereocenters. The lowest BCUT2D eigenvalue weighted by atomic mass is 10.1. The molecular formula is C13H15Cl2NO2. The second kappa shape index (κ2) is 4.63. The van der Waals surface area contributed by atoms with Crippen LogP contribution in [-0.4, -0.2) is 17.4 Å². The van der Waals surface area contributed by atoms with Gasteiger partial charge >= 0.3 is 0 Å². The van der Waals surface area contributed by atoms with E-state index >= 15 is 0 Å². The zero-order chi connectivity index (χ0) is 13.4. The number of alkyl halides is 2. The number of rotatable bonds is 4. The van der Waals surface area contributed by atoms with E-state index in [1.165, 1.54) is 0 Å². The Balaban J connectivity index is 1.99. The third-order valence-corrected chi connectivity index (χ3v) is 4.49. The molecule has 1 N–H and O–H groups in total. The number of para-hydroxylation sites is 1. The van der Waals surface area contributed by atoms with E-state index < -0.39 is 9.75 Å². The third-order valence-electron chi connectivity index (χ3n) is 3.39.